The number of likely N-dealkylation sites (N-methyl/N-ethyl adjacent to an activating group) is 1. The smallest absolute Gasteiger partial charge is 0.227 e. The molecule has 1 heterocycles. The van der Waals surface area contributed by atoms with Gasteiger partial charge in [0.25, 0.3) is 0 Å². The molecule has 0 aliphatic heterocycles. The number of ether oxygens (including phenoxy) is 1. The first-order chi connectivity index (χ1) is 9.60. The largest absolute Gasteiger partial charge is 0.496 e. The number of H-pyrrole nitrogens is 1. The van der Waals surface area contributed by atoms with Gasteiger partial charge >= 0.3 is 0 Å². The number of carbonyl (C=O) groups is 1. The van der Waals surface area contributed by atoms with Crippen LogP contribution in [0.15, 0.2) is 24.5 Å². The van der Waals surface area contributed by atoms with Gasteiger partial charge in [-0.05, 0) is 13.0 Å². The highest BCUT2D eigenvalue weighted by molar-refractivity contribution is 5.79. The van der Waals surface area contributed by atoms with Crippen molar-refractivity contribution in [1.29, 1.82) is 0 Å². The third-order valence-electron chi connectivity index (χ3n) is 3.06. The van der Waals surface area contributed by atoms with E-state index in [1.165, 1.54) is 6.33 Å². The Hall–Kier alpha value is -2.37. The van der Waals surface area contributed by atoms with Crippen LogP contribution in [0.25, 0.3) is 0 Å². The van der Waals surface area contributed by atoms with Gasteiger partial charge in [0.1, 0.15) is 17.9 Å². The molecule has 2 rings (SSSR count). The number of rotatable bonds is 5. The summed E-state index contributed by atoms with van der Waals surface area (Å²) in [7, 11) is 3.35. The van der Waals surface area contributed by atoms with Crippen LogP contribution < -0.4 is 4.74 Å². The summed E-state index contributed by atoms with van der Waals surface area (Å²) in [4.78, 5) is 17.8. The quantitative estimate of drug-likeness (QED) is 0.892. The monoisotopic (exact) mass is 274 g/mol. The van der Waals surface area contributed by atoms with Gasteiger partial charge < -0.3 is 9.64 Å². The van der Waals surface area contributed by atoms with E-state index in [0.29, 0.717) is 18.8 Å². The van der Waals surface area contributed by atoms with E-state index in [1.807, 2.05) is 25.1 Å². The molecular formula is C14H18N4O2. The van der Waals surface area contributed by atoms with Crippen molar-refractivity contribution >= 4 is 5.91 Å². The van der Waals surface area contributed by atoms with Crippen molar-refractivity contribution in [3.8, 4) is 5.75 Å². The first kappa shape index (κ1) is 14.0. The van der Waals surface area contributed by atoms with Crippen molar-refractivity contribution in [1.82, 2.24) is 20.1 Å². The molecule has 0 fully saturated rings. The Morgan fingerprint density at radius 1 is 1.45 bits per heavy atom. The van der Waals surface area contributed by atoms with Crippen molar-refractivity contribution in [2.45, 2.75) is 19.9 Å². The van der Waals surface area contributed by atoms with E-state index in [9.17, 15) is 4.79 Å². The Kier molecular flexibility index (Phi) is 4.34. The van der Waals surface area contributed by atoms with Crippen LogP contribution in [-0.4, -0.2) is 40.1 Å². The Bertz CT molecular complexity index is 581. The Morgan fingerprint density at radius 3 is 2.90 bits per heavy atom. The second kappa shape index (κ2) is 6.18. The summed E-state index contributed by atoms with van der Waals surface area (Å²) < 4.78 is 5.29. The van der Waals surface area contributed by atoms with Gasteiger partial charge in [-0.2, -0.15) is 5.10 Å². The van der Waals surface area contributed by atoms with E-state index < -0.39 is 0 Å². The molecule has 6 nitrogen and oxygen atoms in total. The molecule has 20 heavy (non-hydrogen) atoms. The minimum atomic E-state index is 0.00491. The highest BCUT2D eigenvalue weighted by Crippen LogP contribution is 2.20. The normalized spacial score (nSPS) is 10.3. The molecule has 1 N–H and O–H groups in total. The lowest BCUT2D eigenvalue weighted by molar-refractivity contribution is -0.129. The number of hydrogen-bond donors (Lipinski definition) is 1. The summed E-state index contributed by atoms with van der Waals surface area (Å²) in [6.07, 6.45) is 1.73. The fourth-order valence-corrected chi connectivity index (χ4v) is 1.96. The molecule has 0 spiro atoms. The number of nitrogens with one attached hydrogen (secondary N) is 1. The van der Waals surface area contributed by atoms with E-state index in [1.54, 1.807) is 19.1 Å². The molecule has 1 amide bonds. The van der Waals surface area contributed by atoms with Crippen LogP contribution in [0.4, 0.5) is 0 Å². The van der Waals surface area contributed by atoms with Crippen molar-refractivity contribution in [2.75, 3.05) is 14.2 Å². The summed E-state index contributed by atoms with van der Waals surface area (Å²) in [6.45, 7) is 2.40. The van der Waals surface area contributed by atoms with Crippen LogP contribution >= 0.6 is 0 Å². The fraction of sp³-hybridized carbons (Fsp3) is 0.357. The zero-order valence-corrected chi connectivity index (χ0v) is 11.9. The number of amides is 1. The maximum atomic E-state index is 12.2. The third kappa shape index (κ3) is 3.34. The number of hydrogen-bond acceptors (Lipinski definition) is 4. The summed E-state index contributed by atoms with van der Waals surface area (Å²) in [5.41, 5.74) is 1.99. The molecule has 0 bridgehead atoms. The lowest BCUT2D eigenvalue weighted by atomic mass is 10.1. The number of carbonyl (C=O) groups excluding carboxylic acids is 1. The van der Waals surface area contributed by atoms with E-state index in [4.69, 9.17) is 4.74 Å². The Morgan fingerprint density at radius 2 is 2.25 bits per heavy atom. The zero-order valence-electron chi connectivity index (χ0n) is 11.9. The second-order valence-electron chi connectivity index (χ2n) is 4.67. The topological polar surface area (TPSA) is 71.1 Å². The Balaban J connectivity index is 2.05. The summed E-state index contributed by atoms with van der Waals surface area (Å²) in [5, 5.41) is 6.50. The fourth-order valence-electron chi connectivity index (χ4n) is 1.96. The molecule has 106 valence electrons. The number of aromatic amines is 1. The molecule has 0 unspecified atom stereocenters. The van der Waals surface area contributed by atoms with Gasteiger partial charge in [0.05, 0.1) is 20.1 Å². The Labute approximate surface area is 117 Å². The molecule has 0 aliphatic rings. The second-order valence-corrected chi connectivity index (χ2v) is 4.67. The predicted molar refractivity (Wildman–Crippen MR) is 74.3 cm³/mol. The SMILES string of the molecule is COc1ccc(C)cc1CC(=O)N(C)Cc1ncn[nH]1. The van der Waals surface area contributed by atoms with Gasteiger partial charge in [0.2, 0.25) is 5.91 Å². The highest BCUT2D eigenvalue weighted by Gasteiger charge is 2.14. The highest BCUT2D eigenvalue weighted by atomic mass is 16.5. The van der Waals surface area contributed by atoms with Gasteiger partial charge in [-0.15, -0.1) is 0 Å². The van der Waals surface area contributed by atoms with Crippen LogP contribution in [0.1, 0.15) is 17.0 Å². The first-order valence-corrected chi connectivity index (χ1v) is 6.32. The predicted octanol–water partition coefficient (Wildman–Crippen LogP) is 1.32. The molecule has 6 heteroatoms. The van der Waals surface area contributed by atoms with Gasteiger partial charge in [-0.1, -0.05) is 17.7 Å². The van der Waals surface area contributed by atoms with Gasteiger partial charge in [-0.25, -0.2) is 4.98 Å². The number of aryl methyl sites for hydroxylation is 1. The van der Waals surface area contributed by atoms with Crippen molar-refractivity contribution in [3.05, 3.63) is 41.5 Å². The maximum absolute atomic E-state index is 12.2. The van der Waals surface area contributed by atoms with Crippen molar-refractivity contribution in [3.63, 3.8) is 0 Å². The van der Waals surface area contributed by atoms with Crippen LogP contribution in [0.5, 0.6) is 5.75 Å². The van der Waals surface area contributed by atoms with Crippen molar-refractivity contribution in [2.24, 2.45) is 0 Å². The van der Waals surface area contributed by atoms with E-state index >= 15 is 0 Å². The molecule has 0 atom stereocenters. The lowest BCUT2D eigenvalue weighted by Crippen LogP contribution is -2.28. The first-order valence-electron chi connectivity index (χ1n) is 6.32. The molecule has 0 saturated carbocycles. The number of aromatic nitrogens is 3. The average molecular weight is 274 g/mol. The van der Waals surface area contributed by atoms with Crippen LogP contribution in [0.2, 0.25) is 0 Å². The number of nitrogens with zero attached hydrogens (tertiary/aromatic N) is 3. The minimum Gasteiger partial charge on any atom is -0.496 e. The summed E-state index contributed by atoms with van der Waals surface area (Å²) >= 11 is 0. The van der Waals surface area contributed by atoms with Crippen LogP contribution in [0.3, 0.4) is 0 Å². The molecule has 0 aliphatic carbocycles. The average Bonchev–Trinajstić information content (AvgIpc) is 2.91. The van der Waals surface area contributed by atoms with Crippen molar-refractivity contribution < 1.29 is 9.53 Å². The lowest BCUT2D eigenvalue weighted by Gasteiger charge is -2.17. The molecule has 0 radical (unpaired) electrons. The van der Waals surface area contributed by atoms with Gasteiger partial charge in [0, 0.05) is 12.6 Å². The van der Waals surface area contributed by atoms with E-state index in [-0.39, 0.29) is 5.91 Å². The minimum absolute atomic E-state index is 0.00491. The standard InChI is InChI=1S/C14H18N4O2/c1-10-4-5-12(20-3)11(6-10)7-14(19)18(2)8-13-15-9-16-17-13/h4-6,9H,7-8H2,1-3H3,(H,15,16,17). The zero-order chi connectivity index (χ0) is 14.5. The third-order valence-corrected chi connectivity index (χ3v) is 3.06. The van der Waals surface area contributed by atoms with Gasteiger partial charge in [-0.3, -0.25) is 9.89 Å². The van der Waals surface area contributed by atoms with Gasteiger partial charge in [0.15, 0.2) is 0 Å². The molecule has 1 aromatic heterocycles. The number of methoxy groups -OCH3 is 1. The van der Waals surface area contributed by atoms with Crippen LogP contribution in [0, 0.1) is 6.92 Å². The summed E-state index contributed by atoms with van der Waals surface area (Å²) in [6, 6.07) is 5.82. The summed E-state index contributed by atoms with van der Waals surface area (Å²) in [5.74, 6) is 1.40. The van der Waals surface area contributed by atoms with E-state index in [0.717, 1.165) is 16.9 Å². The maximum Gasteiger partial charge on any atom is 0.227 e. The van der Waals surface area contributed by atoms with Crippen LogP contribution in [-0.2, 0) is 17.8 Å². The molecule has 0 saturated heterocycles. The number of benzene rings is 1. The molecule has 1 aromatic carbocycles. The van der Waals surface area contributed by atoms with E-state index in [2.05, 4.69) is 15.2 Å². The molecule has 2 aromatic rings. The molecular weight excluding hydrogens is 256 g/mol.